The Morgan fingerprint density at radius 3 is 1.27 bits per heavy atom. The Hall–Kier alpha value is -0.400. The molecule has 7 heteroatoms. The van der Waals surface area contributed by atoms with Crippen LogP contribution in [0.25, 0.3) is 0 Å². The molecule has 0 aliphatic heterocycles. The third-order valence-corrected chi connectivity index (χ3v) is 0.719. The minimum absolute atomic E-state index is 0. The zero-order chi connectivity index (χ0) is 11.4. The van der Waals surface area contributed by atoms with Gasteiger partial charge in [-0.2, -0.15) is 0 Å². The Balaban J connectivity index is -0.000000180. The van der Waals surface area contributed by atoms with E-state index in [1.165, 1.54) is 0 Å². The third-order valence-electron chi connectivity index (χ3n) is 0.719. The van der Waals surface area contributed by atoms with E-state index in [9.17, 15) is 19.8 Å². The summed E-state index contributed by atoms with van der Waals surface area (Å²) in [7, 11) is 0. The van der Waals surface area contributed by atoms with Gasteiger partial charge in [0.05, 0.1) is 25.2 Å². The molecule has 0 atom stereocenters. The number of carboxylic acid groups (broad SMARTS) is 2. The van der Waals surface area contributed by atoms with Crippen LogP contribution >= 0.6 is 0 Å². The van der Waals surface area contributed by atoms with Crippen LogP contribution in [0.5, 0.6) is 0 Å². The minimum atomic E-state index is -1.28. The zero-order valence-electron chi connectivity index (χ0n) is 7.96. The standard InChI is InChI=1S/2C4H6O3.Ca/c2*5-3-1-2-4(6)7;/h2*1-2,5H,3H2,(H,6,7);/q;;+2/p-2. The average Bonchev–Trinajstić information content (AvgIpc) is 2.12. The number of aliphatic carboxylic acids is 2. The van der Waals surface area contributed by atoms with Gasteiger partial charge >= 0.3 is 37.7 Å². The summed E-state index contributed by atoms with van der Waals surface area (Å²) in [6, 6.07) is 0. The first-order valence-corrected chi connectivity index (χ1v) is 3.51. The molecule has 2 N–H and O–H groups in total. The van der Waals surface area contributed by atoms with Crippen LogP contribution in [-0.4, -0.2) is 73.1 Å². The predicted octanol–water partition coefficient (Wildman–Crippen LogP) is -3.81. The van der Waals surface area contributed by atoms with E-state index in [0.29, 0.717) is 0 Å². The number of hydrogen-bond acceptors (Lipinski definition) is 6. The molecule has 0 saturated heterocycles. The zero-order valence-corrected chi connectivity index (χ0v) is 10.2. The average molecular weight is 242 g/mol. The van der Waals surface area contributed by atoms with Crippen molar-refractivity contribution in [2.75, 3.05) is 13.2 Å². The SMILES string of the molecule is O=C([O-])C=CCO.O=C([O-])C=CCO.[Ca+2]. The topological polar surface area (TPSA) is 121 Å². The Labute approximate surface area is 117 Å². The number of carboxylic acids is 2. The smallest absolute Gasteiger partial charge is 0.545 e. The summed E-state index contributed by atoms with van der Waals surface area (Å²) < 4.78 is 0. The summed E-state index contributed by atoms with van der Waals surface area (Å²) in [5, 5.41) is 34.8. The molecule has 0 aliphatic rings. The van der Waals surface area contributed by atoms with Crippen molar-refractivity contribution in [3.8, 4) is 0 Å². The quantitative estimate of drug-likeness (QED) is 0.385. The molecular formula is C8H10CaO6. The fourth-order valence-electron chi connectivity index (χ4n) is 0.298. The van der Waals surface area contributed by atoms with Crippen molar-refractivity contribution < 1.29 is 30.0 Å². The van der Waals surface area contributed by atoms with Gasteiger partial charge in [0.2, 0.25) is 0 Å². The van der Waals surface area contributed by atoms with Gasteiger partial charge < -0.3 is 30.0 Å². The number of carbonyl (C=O) groups is 2. The van der Waals surface area contributed by atoms with E-state index in [-0.39, 0.29) is 51.0 Å². The first-order chi connectivity index (χ1) is 6.54. The van der Waals surface area contributed by atoms with Crippen molar-refractivity contribution in [1.29, 1.82) is 0 Å². The van der Waals surface area contributed by atoms with E-state index in [1.807, 2.05) is 0 Å². The van der Waals surface area contributed by atoms with Crippen molar-refractivity contribution >= 4 is 49.7 Å². The molecule has 0 bridgehead atoms. The summed E-state index contributed by atoms with van der Waals surface area (Å²) in [5.41, 5.74) is 0. The van der Waals surface area contributed by atoms with Gasteiger partial charge in [0.25, 0.3) is 0 Å². The Morgan fingerprint density at radius 1 is 0.933 bits per heavy atom. The van der Waals surface area contributed by atoms with Crippen molar-refractivity contribution in [3.05, 3.63) is 24.3 Å². The molecule has 0 aliphatic carbocycles. The van der Waals surface area contributed by atoms with Gasteiger partial charge in [-0.1, -0.05) is 12.2 Å². The normalized spacial score (nSPS) is 9.20. The molecule has 0 heterocycles. The van der Waals surface area contributed by atoms with Crippen molar-refractivity contribution in [2.24, 2.45) is 0 Å². The molecule has 0 radical (unpaired) electrons. The molecule has 0 spiro atoms. The van der Waals surface area contributed by atoms with E-state index in [2.05, 4.69) is 0 Å². The number of carbonyl (C=O) groups excluding carboxylic acids is 2. The fourth-order valence-corrected chi connectivity index (χ4v) is 0.298. The van der Waals surface area contributed by atoms with Gasteiger partial charge in [-0.05, 0) is 12.2 Å². The van der Waals surface area contributed by atoms with E-state index in [4.69, 9.17) is 10.2 Å². The number of rotatable bonds is 4. The fraction of sp³-hybridized carbons (Fsp3) is 0.250. The van der Waals surface area contributed by atoms with Gasteiger partial charge in [-0.3, -0.25) is 0 Å². The van der Waals surface area contributed by atoms with Crippen molar-refractivity contribution in [1.82, 2.24) is 0 Å². The molecule has 0 aromatic heterocycles. The Bertz CT molecular complexity index is 199. The van der Waals surface area contributed by atoms with Crippen LogP contribution < -0.4 is 10.2 Å². The van der Waals surface area contributed by atoms with E-state index < -0.39 is 11.9 Å². The van der Waals surface area contributed by atoms with Crippen LogP contribution in [0.1, 0.15) is 0 Å². The van der Waals surface area contributed by atoms with Crippen LogP contribution in [-0.2, 0) is 9.59 Å². The molecule has 6 nitrogen and oxygen atoms in total. The van der Waals surface area contributed by atoms with Crippen LogP contribution in [0.2, 0.25) is 0 Å². The van der Waals surface area contributed by atoms with Crippen molar-refractivity contribution in [3.63, 3.8) is 0 Å². The van der Waals surface area contributed by atoms with Gasteiger partial charge in [0.15, 0.2) is 0 Å². The monoisotopic (exact) mass is 242 g/mol. The summed E-state index contributed by atoms with van der Waals surface area (Å²) in [4.78, 5) is 18.9. The number of hydrogen-bond donors (Lipinski definition) is 2. The number of aliphatic hydroxyl groups excluding tert-OH is 2. The van der Waals surface area contributed by atoms with Crippen molar-refractivity contribution in [2.45, 2.75) is 0 Å². The summed E-state index contributed by atoms with van der Waals surface area (Å²) >= 11 is 0. The van der Waals surface area contributed by atoms with Gasteiger partial charge in [-0.25, -0.2) is 0 Å². The largest absolute Gasteiger partial charge is 2.00 e. The van der Waals surface area contributed by atoms with E-state index in [0.717, 1.165) is 24.3 Å². The maximum atomic E-state index is 9.45. The molecule has 0 saturated carbocycles. The molecule has 0 amide bonds. The molecular weight excluding hydrogens is 232 g/mol. The molecule has 0 aromatic rings. The Kier molecular flexibility index (Phi) is 21.5. The second-order valence-electron chi connectivity index (χ2n) is 1.81. The summed E-state index contributed by atoms with van der Waals surface area (Å²) in [6.07, 6.45) is 3.74. The van der Waals surface area contributed by atoms with Gasteiger partial charge in [-0.15, -0.1) is 0 Å². The minimum Gasteiger partial charge on any atom is -0.545 e. The van der Waals surface area contributed by atoms with Crippen LogP contribution in [0, 0.1) is 0 Å². The molecule has 0 fully saturated rings. The third kappa shape index (κ3) is 31.7. The van der Waals surface area contributed by atoms with Gasteiger partial charge in [0, 0.05) is 0 Å². The molecule has 0 rings (SSSR count). The molecule has 0 aromatic carbocycles. The van der Waals surface area contributed by atoms with E-state index in [1.54, 1.807) is 0 Å². The second kappa shape index (κ2) is 16.0. The predicted molar refractivity (Wildman–Crippen MR) is 48.2 cm³/mol. The molecule has 0 unspecified atom stereocenters. The second-order valence-corrected chi connectivity index (χ2v) is 1.81. The van der Waals surface area contributed by atoms with E-state index >= 15 is 0 Å². The first-order valence-electron chi connectivity index (χ1n) is 3.51. The maximum absolute atomic E-state index is 9.45. The Morgan fingerprint density at radius 2 is 1.20 bits per heavy atom. The molecule has 80 valence electrons. The summed E-state index contributed by atoms with van der Waals surface area (Å²) in [5.74, 6) is -2.57. The number of aliphatic hydroxyl groups is 2. The van der Waals surface area contributed by atoms with Crippen LogP contribution in [0.3, 0.4) is 0 Å². The molecule has 15 heavy (non-hydrogen) atoms. The summed E-state index contributed by atoms with van der Waals surface area (Å²) in [6.45, 7) is -0.512. The maximum Gasteiger partial charge on any atom is 2.00 e. The van der Waals surface area contributed by atoms with Crippen LogP contribution in [0.15, 0.2) is 24.3 Å². The van der Waals surface area contributed by atoms with Crippen LogP contribution in [0.4, 0.5) is 0 Å². The van der Waals surface area contributed by atoms with Gasteiger partial charge in [0.1, 0.15) is 0 Å². The first kappa shape index (κ1) is 20.1.